The molecule has 0 aliphatic rings. The summed E-state index contributed by atoms with van der Waals surface area (Å²) in [4.78, 5) is 13.0. The number of nitrogens with two attached hydrogens (primary N) is 1. The van der Waals surface area contributed by atoms with E-state index >= 15 is 0 Å². The van der Waals surface area contributed by atoms with Crippen LogP contribution in [0.2, 0.25) is 0 Å². The molecule has 0 saturated carbocycles. The van der Waals surface area contributed by atoms with Crippen molar-refractivity contribution in [2.75, 3.05) is 6.54 Å². The Bertz CT molecular complexity index is 358. The lowest BCUT2D eigenvalue weighted by atomic mass is 9.93. The van der Waals surface area contributed by atoms with Gasteiger partial charge in [0, 0.05) is 11.4 Å². The molecule has 4 heteroatoms. The van der Waals surface area contributed by atoms with Gasteiger partial charge in [0.15, 0.2) is 0 Å². The molecule has 3 N–H and O–H groups in total. The van der Waals surface area contributed by atoms with Gasteiger partial charge in [0.25, 0.3) is 0 Å². The maximum atomic E-state index is 11.8. The summed E-state index contributed by atoms with van der Waals surface area (Å²) >= 11 is 1.69. The smallest absolute Gasteiger partial charge is 0.227 e. The molecule has 0 aromatic carbocycles. The van der Waals surface area contributed by atoms with Gasteiger partial charge in [0.05, 0.1) is 12.0 Å². The summed E-state index contributed by atoms with van der Waals surface area (Å²) in [6, 6.07) is 2.11. The third kappa shape index (κ3) is 3.06. The molecule has 0 radical (unpaired) electrons. The number of nitrogens with one attached hydrogen (secondary N) is 1. The molecular formula is C12H20N2OS. The summed E-state index contributed by atoms with van der Waals surface area (Å²) in [5.41, 5.74) is 6.39. The fraction of sp³-hybridized carbons (Fsp3) is 0.583. The summed E-state index contributed by atoms with van der Waals surface area (Å²) < 4.78 is 0. The Labute approximate surface area is 101 Å². The Morgan fingerprint density at radius 1 is 1.56 bits per heavy atom. The number of hydrogen-bond acceptors (Lipinski definition) is 3. The van der Waals surface area contributed by atoms with Crippen LogP contribution in [0.4, 0.5) is 0 Å². The maximum Gasteiger partial charge on any atom is 0.227 e. The predicted octanol–water partition coefficient (Wildman–Crippen LogP) is 1.91. The molecule has 0 fully saturated rings. The van der Waals surface area contributed by atoms with Gasteiger partial charge in [-0.1, -0.05) is 6.92 Å². The standard InChI is InChI=1S/C12H20N2OS/c1-4-9-5-6-16-10(9)7-14-11(15)12(2,3)8-13/h5-6H,4,7-8,13H2,1-3H3,(H,14,15). The predicted molar refractivity (Wildman–Crippen MR) is 68.4 cm³/mol. The van der Waals surface area contributed by atoms with Crippen molar-refractivity contribution in [3.63, 3.8) is 0 Å². The van der Waals surface area contributed by atoms with Gasteiger partial charge < -0.3 is 11.1 Å². The van der Waals surface area contributed by atoms with Gasteiger partial charge in [-0.2, -0.15) is 0 Å². The molecule has 0 saturated heterocycles. The Morgan fingerprint density at radius 2 is 2.25 bits per heavy atom. The number of carbonyl (C=O) groups excluding carboxylic acids is 1. The Morgan fingerprint density at radius 3 is 2.81 bits per heavy atom. The van der Waals surface area contributed by atoms with Gasteiger partial charge >= 0.3 is 0 Å². The number of carbonyl (C=O) groups is 1. The van der Waals surface area contributed by atoms with Crippen LogP contribution in [-0.4, -0.2) is 12.5 Å². The highest BCUT2D eigenvalue weighted by atomic mass is 32.1. The van der Waals surface area contributed by atoms with Crippen LogP contribution in [0.15, 0.2) is 11.4 Å². The van der Waals surface area contributed by atoms with Crippen molar-refractivity contribution >= 4 is 17.2 Å². The van der Waals surface area contributed by atoms with E-state index in [1.54, 1.807) is 11.3 Å². The lowest BCUT2D eigenvalue weighted by Gasteiger charge is -2.21. The average molecular weight is 240 g/mol. The van der Waals surface area contributed by atoms with Crippen molar-refractivity contribution in [2.24, 2.45) is 11.1 Å². The zero-order chi connectivity index (χ0) is 12.2. The second-order valence-corrected chi connectivity index (χ2v) is 5.49. The first-order valence-corrected chi connectivity index (χ1v) is 6.43. The SMILES string of the molecule is CCc1ccsc1CNC(=O)C(C)(C)CN. The van der Waals surface area contributed by atoms with E-state index < -0.39 is 5.41 Å². The summed E-state index contributed by atoms with van der Waals surface area (Å²) in [6.07, 6.45) is 1.01. The highest BCUT2D eigenvalue weighted by molar-refractivity contribution is 7.10. The first-order valence-electron chi connectivity index (χ1n) is 5.55. The van der Waals surface area contributed by atoms with E-state index in [9.17, 15) is 4.79 Å². The maximum absolute atomic E-state index is 11.8. The number of thiophene rings is 1. The van der Waals surface area contributed by atoms with E-state index in [2.05, 4.69) is 23.7 Å². The molecular weight excluding hydrogens is 220 g/mol. The van der Waals surface area contributed by atoms with Crippen LogP contribution < -0.4 is 11.1 Å². The van der Waals surface area contributed by atoms with Gasteiger partial charge in [-0.05, 0) is 37.3 Å². The summed E-state index contributed by atoms with van der Waals surface area (Å²) in [5.74, 6) is 0.0189. The molecule has 3 nitrogen and oxygen atoms in total. The van der Waals surface area contributed by atoms with Crippen molar-refractivity contribution in [3.8, 4) is 0 Å². The van der Waals surface area contributed by atoms with Gasteiger partial charge in [-0.3, -0.25) is 4.79 Å². The molecule has 1 rings (SSSR count). The van der Waals surface area contributed by atoms with E-state index in [0.29, 0.717) is 13.1 Å². The molecule has 0 aliphatic heterocycles. The molecule has 90 valence electrons. The molecule has 0 bridgehead atoms. The highest BCUT2D eigenvalue weighted by Crippen LogP contribution is 2.18. The van der Waals surface area contributed by atoms with Crippen LogP contribution in [0.3, 0.4) is 0 Å². The van der Waals surface area contributed by atoms with Gasteiger partial charge in [0.2, 0.25) is 5.91 Å². The minimum absolute atomic E-state index is 0.0189. The fourth-order valence-corrected chi connectivity index (χ4v) is 2.25. The number of aryl methyl sites for hydroxylation is 1. The molecule has 0 aliphatic carbocycles. The minimum Gasteiger partial charge on any atom is -0.351 e. The van der Waals surface area contributed by atoms with E-state index in [1.807, 2.05) is 13.8 Å². The highest BCUT2D eigenvalue weighted by Gasteiger charge is 2.25. The topological polar surface area (TPSA) is 55.1 Å². The number of rotatable bonds is 5. The second-order valence-electron chi connectivity index (χ2n) is 4.49. The van der Waals surface area contributed by atoms with Crippen molar-refractivity contribution in [2.45, 2.75) is 33.7 Å². The van der Waals surface area contributed by atoms with Crippen LogP contribution >= 0.6 is 11.3 Å². The summed E-state index contributed by atoms with van der Waals surface area (Å²) in [5, 5.41) is 5.01. The summed E-state index contributed by atoms with van der Waals surface area (Å²) in [6.45, 7) is 6.82. The molecule has 0 unspecified atom stereocenters. The zero-order valence-electron chi connectivity index (χ0n) is 10.2. The van der Waals surface area contributed by atoms with Crippen molar-refractivity contribution in [1.29, 1.82) is 0 Å². The normalized spacial score (nSPS) is 11.5. The first kappa shape index (κ1) is 13.2. The third-order valence-corrected chi connectivity index (χ3v) is 3.72. The molecule has 0 atom stereocenters. The monoisotopic (exact) mass is 240 g/mol. The lowest BCUT2D eigenvalue weighted by Crippen LogP contribution is -2.41. The van der Waals surface area contributed by atoms with Gasteiger partial charge in [0.1, 0.15) is 0 Å². The van der Waals surface area contributed by atoms with Crippen LogP contribution in [-0.2, 0) is 17.8 Å². The largest absolute Gasteiger partial charge is 0.351 e. The lowest BCUT2D eigenvalue weighted by molar-refractivity contribution is -0.129. The van der Waals surface area contributed by atoms with Crippen LogP contribution in [0.25, 0.3) is 0 Å². The van der Waals surface area contributed by atoms with Crippen molar-refractivity contribution < 1.29 is 4.79 Å². The molecule has 1 amide bonds. The Balaban J connectivity index is 2.55. The van der Waals surface area contributed by atoms with Gasteiger partial charge in [-0.15, -0.1) is 11.3 Å². The average Bonchev–Trinajstić information content (AvgIpc) is 2.72. The Kier molecular flexibility index (Phi) is 4.50. The minimum atomic E-state index is -0.483. The molecule has 16 heavy (non-hydrogen) atoms. The zero-order valence-corrected chi connectivity index (χ0v) is 11.0. The quantitative estimate of drug-likeness (QED) is 0.826. The van der Waals surface area contributed by atoms with E-state index in [0.717, 1.165) is 6.42 Å². The van der Waals surface area contributed by atoms with Crippen LogP contribution in [0.5, 0.6) is 0 Å². The van der Waals surface area contributed by atoms with Crippen molar-refractivity contribution in [3.05, 3.63) is 21.9 Å². The van der Waals surface area contributed by atoms with E-state index in [-0.39, 0.29) is 5.91 Å². The van der Waals surface area contributed by atoms with E-state index in [1.165, 1.54) is 10.4 Å². The molecule has 0 spiro atoms. The molecule has 1 heterocycles. The Hall–Kier alpha value is -0.870. The first-order chi connectivity index (χ1) is 7.51. The van der Waals surface area contributed by atoms with Gasteiger partial charge in [-0.25, -0.2) is 0 Å². The van der Waals surface area contributed by atoms with Crippen molar-refractivity contribution in [1.82, 2.24) is 5.32 Å². The molecule has 1 aromatic rings. The fourth-order valence-electron chi connectivity index (χ4n) is 1.33. The summed E-state index contributed by atoms with van der Waals surface area (Å²) in [7, 11) is 0. The van der Waals surface area contributed by atoms with Crippen LogP contribution in [0, 0.1) is 5.41 Å². The molecule has 1 aromatic heterocycles. The number of amides is 1. The number of hydrogen-bond donors (Lipinski definition) is 2. The third-order valence-electron chi connectivity index (χ3n) is 2.75. The van der Waals surface area contributed by atoms with E-state index in [4.69, 9.17) is 5.73 Å². The van der Waals surface area contributed by atoms with Crippen LogP contribution in [0.1, 0.15) is 31.2 Å². The second kappa shape index (κ2) is 5.46.